The minimum Gasteiger partial charge on any atom is -0.478 e. The van der Waals surface area contributed by atoms with E-state index in [4.69, 9.17) is 16.7 Å². The number of sulfonamides is 1. The van der Waals surface area contributed by atoms with Gasteiger partial charge in [-0.15, -0.1) is 0 Å². The second-order valence-electron chi connectivity index (χ2n) is 4.74. The number of benzene rings is 2. The molecule has 0 fully saturated rings. The summed E-state index contributed by atoms with van der Waals surface area (Å²) in [6.45, 7) is 0. The van der Waals surface area contributed by atoms with Crippen LogP contribution in [0.25, 0.3) is 0 Å². The van der Waals surface area contributed by atoms with Crippen molar-refractivity contribution in [2.75, 3.05) is 4.72 Å². The van der Waals surface area contributed by atoms with Crippen LogP contribution in [0.2, 0.25) is 5.02 Å². The Hall–Kier alpha value is -2.33. The first-order valence-electron chi connectivity index (χ1n) is 6.34. The number of alkyl halides is 3. The van der Waals surface area contributed by atoms with Gasteiger partial charge in [0.05, 0.1) is 21.0 Å². The van der Waals surface area contributed by atoms with E-state index in [-0.39, 0.29) is 0 Å². The lowest BCUT2D eigenvalue weighted by molar-refractivity contribution is -0.137. The zero-order valence-corrected chi connectivity index (χ0v) is 13.5. The van der Waals surface area contributed by atoms with Gasteiger partial charge in [0.2, 0.25) is 0 Å². The molecule has 25 heavy (non-hydrogen) atoms. The Labute approximate surface area is 143 Å². The molecule has 2 aromatic rings. The van der Waals surface area contributed by atoms with Crippen LogP contribution in [-0.2, 0) is 16.2 Å². The standard InChI is InChI=1S/C14H8ClF4NO4S/c15-11-3-1-7(5-10(11)14(17,18)19)20-25(23,24)8-2-4-12(16)9(6-8)13(21)22/h1-6,20H,(H,21,22). The first-order valence-corrected chi connectivity index (χ1v) is 8.20. The third kappa shape index (κ3) is 4.20. The highest BCUT2D eigenvalue weighted by Crippen LogP contribution is 2.36. The molecule has 5 nitrogen and oxygen atoms in total. The predicted molar refractivity (Wildman–Crippen MR) is 80.6 cm³/mol. The molecule has 0 aromatic heterocycles. The van der Waals surface area contributed by atoms with E-state index in [1.54, 1.807) is 0 Å². The van der Waals surface area contributed by atoms with Gasteiger partial charge in [0.1, 0.15) is 5.82 Å². The number of anilines is 1. The molecular formula is C14H8ClF4NO4S. The summed E-state index contributed by atoms with van der Waals surface area (Å²) in [4.78, 5) is 10.2. The first-order chi connectivity index (χ1) is 11.4. The van der Waals surface area contributed by atoms with E-state index >= 15 is 0 Å². The van der Waals surface area contributed by atoms with Gasteiger partial charge in [0.15, 0.2) is 0 Å². The molecule has 2 rings (SSSR count). The highest BCUT2D eigenvalue weighted by Gasteiger charge is 2.33. The van der Waals surface area contributed by atoms with Crippen LogP contribution < -0.4 is 4.72 Å². The first kappa shape index (κ1) is 19.0. The molecule has 0 aliphatic heterocycles. The number of aromatic carboxylic acids is 1. The molecule has 0 aliphatic carbocycles. The van der Waals surface area contributed by atoms with E-state index in [1.165, 1.54) is 0 Å². The second-order valence-corrected chi connectivity index (χ2v) is 6.83. The summed E-state index contributed by atoms with van der Waals surface area (Å²) < 4.78 is 78.0. The number of carbonyl (C=O) groups is 1. The minimum absolute atomic E-state index is 0.446. The molecule has 0 saturated carbocycles. The third-order valence-corrected chi connectivity index (χ3v) is 4.71. The zero-order valence-electron chi connectivity index (χ0n) is 11.9. The van der Waals surface area contributed by atoms with E-state index < -0.39 is 54.7 Å². The summed E-state index contributed by atoms with van der Waals surface area (Å²) in [5, 5.41) is 8.19. The Morgan fingerprint density at radius 1 is 1.12 bits per heavy atom. The van der Waals surface area contributed by atoms with Gasteiger partial charge >= 0.3 is 12.1 Å². The van der Waals surface area contributed by atoms with Crippen molar-refractivity contribution in [3.63, 3.8) is 0 Å². The third-order valence-electron chi connectivity index (χ3n) is 3.00. The fourth-order valence-electron chi connectivity index (χ4n) is 1.86. The number of nitrogens with one attached hydrogen (secondary N) is 1. The van der Waals surface area contributed by atoms with Gasteiger partial charge in [0.25, 0.3) is 10.0 Å². The maximum atomic E-state index is 13.3. The molecule has 0 radical (unpaired) electrons. The molecule has 0 saturated heterocycles. The monoisotopic (exact) mass is 397 g/mol. The quantitative estimate of drug-likeness (QED) is 0.764. The normalized spacial score (nSPS) is 12.0. The Morgan fingerprint density at radius 2 is 1.76 bits per heavy atom. The molecule has 2 N–H and O–H groups in total. The fourth-order valence-corrected chi connectivity index (χ4v) is 3.16. The van der Waals surface area contributed by atoms with Crippen LogP contribution in [0.15, 0.2) is 41.3 Å². The van der Waals surface area contributed by atoms with Crippen LogP contribution in [0.3, 0.4) is 0 Å². The van der Waals surface area contributed by atoms with Gasteiger partial charge < -0.3 is 5.11 Å². The predicted octanol–water partition coefficient (Wildman–Crippen LogP) is 4.00. The van der Waals surface area contributed by atoms with E-state index in [0.717, 1.165) is 18.2 Å². The molecule has 0 amide bonds. The molecule has 0 aliphatic rings. The number of halogens is 5. The Bertz CT molecular complexity index is 944. The lowest BCUT2D eigenvalue weighted by atomic mass is 10.2. The molecular weight excluding hydrogens is 390 g/mol. The largest absolute Gasteiger partial charge is 0.478 e. The van der Waals surface area contributed by atoms with Gasteiger partial charge in [-0.25, -0.2) is 17.6 Å². The van der Waals surface area contributed by atoms with Crippen LogP contribution in [0.4, 0.5) is 23.2 Å². The summed E-state index contributed by atoms with van der Waals surface area (Å²) in [5.74, 6) is -2.85. The van der Waals surface area contributed by atoms with Gasteiger partial charge in [-0.2, -0.15) is 13.2 Å². The SMILES string of the molecule is O=C(O)c1cc(S(=O)(=O)Nc2ccc(Cl)c(C(F)(F)F)c2)ccc1F. The van der Waals surface area contributed by atoms with E-state index in [1.807, 2.05) is 4.72 Å². The van der Waals surface area contributed by atoms with Crippen LogP contribution in [-0.4, -0.2) is 19.5 Å². The summed E-state index contributed by atoms with van der Waals surface area (Å²) in [6, 6.07) is 4.31. The smallest absolute Gasteiger partial charge is 0.417 e. The van der Waals surface area contributed by atoms with Crippen molar-refractivity contribution < 1.29 is 35.9 Å². The van der Waals surface area contributed by atoms with E-state index in [0.29, 0.717) is 18.2 Å². The Morgan fingerprint density at radius 3 is 2.32 bits per heavy atom. The molecule has 0 unspecified atom stereocenters. The molecule has 0 atom stereocenters. The van der Waals surface area contributed by atoms with E-state index in [2.05, 4.69) is 0 Å². The maximum Gasteiger partial charge on any atom is 0.417 e. The second kappa shape index (κ2) is 6.52. The van der Waals surface area contributed by atoms with E-state index in [9.17, 15) is 30.8 Å². The lowest BCUT2D eigenvalue weighted by Gasteiger charge is -2.13. The molecule has 2 aromatic carbocycles. The van der Waals surface area contributed by atoms with Gasteiger partial charge in [-0.1, -0.05) is 11.6 Å². The number of carboxylic acid groups (broad SMARTS) is 1. The highest BCUT2D eigenvalue weighted by molar-refractivity contribution is 7.92. The van der Waals surface area contributed by atoms with Gasteiger partial charge in [0, 0.05) is 5.69 Å². The van der Waals surface area contributed by atoms with Crippen LogP contribution in [0.5, 0.6) is 0 Å². The van der Waals surface area contributed by atoms with Gasteiger partial charge in [-0.05, 0) is 36.4 Å². The number of hydrogen-bond acceptors (Lipinski definition) is 3. The van der Waals surface area contributed by atoms with Crippen molar-refractivity contribution in [2.24, 2.45) is 0 Å². The maximum absolute atomic E-state index is 13.3. The molecule has 0 spiro atoms. The van der Waals surface area contributed by atoms with Gasteiger partial charge in [-0.3, -0.25) is 4.72 Å². The van der Waals surface area contributed by atoms with Crippen LogP contribution in [0.1, 0.15) is 15.9 Å². The van der Waals surface area contributed by atoms with Crippen molar-refractivity contribution in [1.82, 2.24) is 0 Å². The number of carboxylic acids is 1. The van der Waals surface area contributed by atoms with Crippen molar-refractivity contribution in [1.29, 1.82) is 0 Å². The lowest BCUT2D eigenvalue weighted by Crippen LogP contribution is -2.15. The molecule has 0 bridgehead atoms. The highest BCUT2D eigenvalue weighted by atomic mass is 35.5. The average molecular weight is 398 g/mol. The topological polar surface area (TPSA) is 83.5 Å². The zero-order chi connectivity index (χ0) is 19.0. The average Bonchev–Trinajstić information content (AvgIpc) is 2.47. The Kier molecular flexibility index (Phi) is 4.96. The molecule has 11 heteroatoms. The summed E-state index contributed by atoms with van der Waals surface area (Å²) >= 11 is 5.44. The fraction of sp³-hybridized carbons (Fsp3) is 0.0714. The Balaban J connectivity index is 2.43. The molecule has 0 heterocycles. The summed E-state index contributed by atoms with van der Waals surface area (Å²) in [5.41, 5.74) is -2.59. The van der Waals surface area contributed by atoms with Crippen LogP contribution >= 0.6 is 11.6 Å². The number of rotatable bonds is 4. The molecule has 134 valence electrons. The van der Waals surface area contributed by atoms with Crippen molar-refractivity contribution in [2.45, 2.75) is 11.1 Å². The van der Waals surface area contributed by atoms with Crippen LogP contribution in [0, 0.1) is 5.82 Å². The van der Waals surface area contributed by atoms with Crippen molar-refractivity contribution >= 4 is 33.3 Å². The number of hydrogen-bond donors (Lipinski definition) is 2. The minimum atomic E-state index is -4.80. The summed E-state index contributed by atoms with van der Waals surface area (Å²) in [6.07, 6.45) is -4.80. The summed E-state index contributed by atoms with van der Waals surface area (Å²) in [7, 11) is -4.45. The van der Waals surface area contributed by atoms with Crippen molar-refractivity contribution in [3.8, 4) is 0 Å². The van der Waals surface area contributed by atoms with Crippen molar-refractivity contribution in [3.05, 3.63) is 58.4 Å².